The van der Waals surface area contributed by atoms with Crippen molar-refractivity contribution in [1.82, 2.24) is 20.5 Å². The average molecular weight is 387 g/mol. The van der Waals surface area contributed by atoms with Gasteiger partial charge in [-0.15, -0.1) is 0 Å². The van der Waals surface area contributed by atoms with Gasteiger partial charge in [0.05, 0.1) is 17.9 Å². The first-order chi connectivity index (χ1) is 13.5. The van der Waals surface area contributed by atoms with E-state index in [-0.39, 0.29) is 29.9 Å². The molecule has 2 fully saturated rings. The summed E-state index contributed by atoms with van der Waals surface area (Å²) in [5.41, 5.74) is 0.848. The molecule has 1 aromatic heterocycles. The molecule has 0 saturated carbocycles. The molecule has 146 valence electrons. The van der Waals surface area contributed by atoms with Gasteiger partial charge in [-0.2, -0.15) is 0 Å². The van der Waals surface area contributed by atoms with Crippen molar-refractivity contribution in [2.45, 2.75) is 12.5 Å². The monoisotopic (exact) mass is 387 g/mol. The maximum absolute atomic E-state index is 14.8. The van der Waals surface area contributed by atoms with Gasteiger partial charge in [-0.05, 0) is 11.6 Å². The fourth-order valence-electron chi connectivity index (χ4n) is 3.76. The van der Waals surface area contributed by atoms with E-state index in [0.717, 1.165) is 0 Å². The molecular weight excluding hydrogens is 369 g/mol. The van der Waals surface area contributed by atoms with E-state index in [1.165, 1.54) is 28.3 Å². The van der Waals surface area contributed by atoms with Crippen LogP contribution in [0.2, 0.25) is 0 Å². The van der Waals surface area contributed by atoms with Gasteiger partial charge in [0, 0.05) is 49.6 Å². The summed E-state index contributed by atoms with van der Waals surface area (Å²) in [7, 11) is 0. The number of aromatic nitrogens is 1. The molecule has 3 N–H and O–H groups in total. The minimum absolute atomic E-state index is 0.1000. The number of carboxylic acid groups (broad SMARTS) is 1. The van der Waals surface area contributed by atoms with Crippen molar-refractivity contribution < 1.29 is 23.9 Å². The van der Waals surface area contributed by atoms with Crippen molar-refractivity contribution in [1.29, 1.82) is 0 Å². The lowest BCUT2D eigenvalue weighted by Gasteiger charge is -2.35. The molecule has 1 aromatic carbocycles. The highest BCUT2D eigenvalue weighted by Gasteiger charge is 2.31. The van der Waals surface area contributed by atoms with Gasteiger partial charge >= 0.3 is 12.1 Å². The number of carbonyl (C=O) groups is 3. The average Bonchev–Trinajstić information content (AvgIpc) is 2.68. The number of fused-ring (bicyclic) bond motifs is 1. The lowest BCUT2D eigenvalue weighted by Crippen LogP contribution is -2.49. The van der Waals surface area contributed by atoms with E-state index in [1.807, 2.05) is 0 Å². The minimum Gasteiger partial charge on any atom is -0.465 e. The van der Waals surface area contributed by atoms with Gasteiger partial charge in [-0.25, -0.2) is 14.0 Å². The molecule has 1 unspecified atom stereocenters. The zero-order valence-electron chi connectivity index (χ0n) is 14.8. The summed E-state index contributed by atoms with van der Waals surface area (Å²) < 4.78 is 14.8. The second kappa shape index (κ2) is 7.04. The third-order valence-corrected chi connectivity index (χ3v) is 5.08. The van der Waals surface area contributed by atoms with Gasteiger partial charge in [0.25, 0.3) is 0 Å². The van der Waals surface area contributed by atoms with E-state index in [9.17, 15) is 23.9 Å². The molecule has 0 aliphatic carbocycles. The van der Waals surface area contributed by atoms with Crippen molar-refractivity contribution in [3.8, 4) is 0 Å². The number of rotatable bonds is 2. The number of amides is 4. The number of nitrogens with one attached hydrogen (secondary N) is 2. The number of hydrogen-bond acceptors (Lipinski definition) is 5. The Morgan fingerprint density at radius 2 is 2.07 bits per heavy atom. The van der Waals surface area contributed by atoms with Crippen molar-refractivity contribution in [2.24, 2.45) is 0 Å². The Hall–Kier alpha value is -3.27. The molecule has 0 bridgehead atoms. The van der Waals surface area contributed by atoms with Gasteiger partial charge in [-0.1, -0.05) is 6.07 Å². The topological polar surface area (TPSA) is 115 Å². The number of hydrogen-bond donors (Lipinski definition) is 3. The first kappa shape index (κ1) is 18.1. The SMILES string of the molecule is O=C1CCN(c2cncc3c(C4CNCCN4C(=O)O)ccc(F)c23)C(=O)N1. The Bertz CT molecular complexity index is 982. The molecule has 28 heavy (non-hydrogen) atoms. The van der Waals surface area contributed by atoms with Crippen molar-refractivity contribution in [2.75, 3.05) is 31.1 Å². The second-order valence-corrected chi connectivity index (χ2v) is 6.67. The fraction of sp³-hybridized carbons (Fsp3) is 0.333. The Balaban J connectivity index is 1.85. The van der Waals surface area contributed by atoms with E-state index < -0.39 is 24.0 Å². The molecule has 1 atom stereocenters. The van der Waals surface area contributed by atoms with Crippen LogP contribution in [0.3, 0.4) is 0 Å². The Labute approximate surface area is 159 Å². The lowest BCUT2D eigenvalue weighted by atomic mass is 9.96. The van der Waals surface area contributed by atoms with E-state index >= 15 is 0 Å². The Kier molecular flexibility index (Phi) is 4.55. The highest BCUT2D eigenvalue weighted by atomic mass is 19.1. The van der Waals surface area contributed by atoms with E-state index in [0.29, 0.717) is 30.6 Å². The maximum atomic E-state index is 14.8. The molecular formula is C18H18FN5O4. The Morgan fingerprint density at radius 3 is 2.82 bits per heavy atom. The lowest BCUT2D eigenvalue weighted by molar-refractivity contribution is -0.120. The molecule has 9 nitrogen and oxygen atoms in total. The number of urea groups is 1. The number of halogens is 1. The summed E-state index contributed by atoms with van der Waals surface area (Å²) in [5, 5.41) is 15.5. The summed E-state index contributed by atoms with van der Waals surface area (Å²) in [6.45, 7) is 1.34. The van der Waals surface area contributed by atoms with Crippen LogP contribution in [0.15, 0.2) is 24.5 Å². The smallest absolute Gasteiger partial charge is 0.407 e. The normalized spacial score (nSPS) is 20.4. The molecule has 2 saturated heterocycles. The first-order valence-corrected chi connectivity index (χ1v) is 8.85. The Morgan fingerprint density at radius 1 is 1.25 bits per heavy atom. The molecule has 4 rings (SSSR count). The van der Waals surface area contributed by atoms with E-state index in [2.05, 4.69) is 15.6 Å². The molecule has 0 radical (unpaired) electrons. The maximum Gasteiger partial charge on any atom is 0.407 e. The van der Waals surface area contributed by atoms with Crippen LogP contribution < -0.4 is 15.5 Å². The predicted molar refractivity (Wildman–Crippen MR) is 97.5 cm³/mol. The third kappa shape index (κ3) is 3.01. The summed E-state index contributed by atoms with van der Waals surface area (Å²) in [4.78, 5) is 42.0. The van der Waals surface area contributed by atoms with Crippen LogP contribution in [0.25, 0.3) is 10.8 Å². The zero-order valence-corrected chi connectivity index (χ0v) is 14.8. The van der Waals surface area contributed by atoms with Crippen LogP contribution >= 0.6 is 0 Å². The van der Waals surface area contributed by atoms with Gasteiger partial charge in [-0.3, -0.25) is 24.9 Å². The second-order valence-electron chi connectivity index (χ2n) is 6.67. The molecule has 3 heterocycles. The highest BCUT2D eigenvalue weighted by Crippen LogP contribution is 2.35. The van der Waals surface area contributed by atoms with Crippen molar-refractivity contribution in [3.05, 3.63) is 35.9 Å². The first-order valence-electron chi connectivity index (χ1n) is 8.85. The molecule has 0 spiro atoms. The van der Waals surface area contributed by atoms with E-state index in [1.54, 1.807) is 6.07 Å². The highest BCUT2D eigenvalue weighted by molar-refractivity contribution is 6.10. The quantitative estimate of drug-likeness (QED) is 0.718. The molecule has 10 heteroatoms. The van der Waals surface area contributed by atoms with Gasteiger partial charge in [0.1, 0.15) is 5.82 Å². The summed E-state index contributed by atoms with van der Waals surface area (Å²) in [6.07, 6.45) is 1.89. The fourth-order valence-corrected chi connectivity index (χ4v) is 3.76. The molecule has 2 aliphatic heterocycles. The molecule has 4 amide bonds. The van der Waals surface area contributed by atoms with Gasteiger partial charge in [0.2, 0.25) is 5.91 Å². The van der Waals surface area contributed by atoms with Gasteiger partial charge in [0.15, 0.2) is 0 Å². The zero-order chi connectivity index (χ0) is 19.8. The van der Waals surface area contributed by atoms with Crippen molar-refractivity contribution >= 4 is 34.5 Å². The van der Waals surface area contributed by atoms with Crippen LogP contribution in [-0.4, -0.2) is 59.2 Å². The third-order valence-electron chi connectivity index (χ3n) is 5.08. The number of carbonyl (C=O) groups excluding carboxylic acids is 2. The standard InChI is InChI=1S/C18H18FN5O4/c19-12-2-1-10(13-8-20-4-6-24(13)18(27)28)11-7-21-9-14(16(11)12)23-5-3-15(25)22-17(23)26/h1-2,7,9,13,20H,3-6,8H2,(H,27,28)(H,22,25,26). The van der Waals surface area contributed by atoms with Crippen molar-refractivity contribution in [3.63, 3.8) is 0 Å². The van der Waals surface area contributed by atoms with Crippen LogP contribution in [0.4, 0.5) is 19.7 Å². The number of anilines is 1. The molecule has 2 aromatic rings. The number of nitrogens with zero attached hydrogens (tertiary/aromatic N) is 3. The number of imide groups is 1. The number of benzene rings is 1. The van der Waals surface area contributed by atoms with Crippen LogP contribution in [0.1, 0.15) is 18.0 Å². The van der Waals surface area contributed by atoms with Crippen LogP contribution in [0.5, 0.6) is 0 Å². The van der Waals surface area contributed by atoms with Crippen LogP contribution in [-0.2, 0) is 4.79 Å². The predicted octanol–water partition coefficient (Wildman–Crippen LogP) is 1.44. The minimum atomic E-state index is -1.05. The molecule has 2 aliphatic rings. The largest absolute Gasteiger partial charge is 0.465 e. The van der Waals surface area contributed by atoms with E-state index in [4.69, 9.17) is 0 Å². The van der Waals surface area contributed by atoms with Gasteiger partial charge < -0.3 is 10.4 Å². The number of pyridine rings is 1. The van der Waals surface area contributed by atoms with Crippen LogP contribution in [0, 0.1) is 5.82 Å². The summed E-state index contributed by atoms with van der Waals surface area (Å²) in [5.74, 6) is -0.938. The summed E-state index contributed by atoms with van der Waals surface area (Å²) in [6, 6.07) is 1.67. The summed E-state index contributed by atoms with van der Waals surface area (Å²) >= 11 is 0. The number of piperazine rings is 1.